The van der Waals surface area contributed by atoms with Crippen molar-refractivity contribution in [2.24, 2.45) is 5.41 Å². The van der Waals surface area contributed by atoms with Gasteiger partial charge in [0.15, 0.2) is 0 Å². The van der Waals surface area contributed by atoms with Crippen LogP contribution in [0.5, 0.6) is 5.75 Å². The molecule has 1 aliphatic rings. The second-order valence-corrected chi connectivity index (χ2v) is 6.53. The van der Waals surface area contributed by atoms with Crippen molar-refractivity contribution in [3.05, 3.63) is 24.3 Å². The van der Waals surface area contributed by atoms with E-state index in [4.69, 9.17) is 10.5 Å². The zero-order chi connectivity index (χ0) is 15.3. The number of benzene rings is 1. The van der Waals surface area contributed by atoms with Crippen LogP contribution in [-0.2, 0) is 4.79 Å². The van der Waals surface area contributed by atoms with Crippen molar-refractivity contribution in [2.45, 2.75) is 52.0 Å². The lowest BCUT2D eigenvalue weighted by Crippen LogP contribution is -2.47. The number of carbonyl (C=O) groups excluding carboxylic acids is 1. The number of nitrogens with one attached hydrogen (secondary N) is 1. The predicted molar refractivity (Wildman–Crippen MR) is 85.1 cm³/mol. The van der Waals surface area contributed by atoms with Crippen LogP contribution in [-0.4, -0.2) is 18.6 Å². The number of nitrogens with two attached hydrogens (primary N) is 1. The molecule has 0 radical (unpaired) electrons. The molecule has 2 rings (SSSR count). The Hall–Kier alpha value is -1.71. The first-order chi connectivity index (χ1) is 9.97. The predicted octanol–water partition coefficient (Wildman–Crippen LogP) is 3.12. The summed E-state index contributed by atoms with van der Waals surface area (Å²) in [5, 5.41) is 3.16. The maximum Gasteiger partial charge on any atom is 0.223 e. The van der Waals surface area contributed by atoms with Gasteiger partial charge in [-0.2, -0.15) is 0 Å². The molecule has 1 fully saturated rings. The minimum absolute atomic E-state index is 0.0684. The summed E-state index contributed by atoms with van der Waals surface area (Å²) in [7, 11) is 0. The lowest BCUT2D eigenvalue weighted by molar-refractivity contribution is -0.123. The molecule has 1 unspecified atom stereocenters. The van der Waals surface area contributed by atoms with Gasteiger partial charge in [-0.3, -0.25) is 4.79 Å². The van der Waals surface area contributed by atoms with Gasteiger partial charge in [0.2, 0.25) is 5.91 Å². The summed E-state index contributed by atoms with van der Waals surface area (Å²) < 4.78 is 5.56. The number of rotatable bonds is 5. The molecule has 1 atom stereocenters. The Balaban J connectivity index is 1.74. The molecule has 0 saturated heterocycles. The first-order valence-electron chi connectivity index (χ1n) is 7.75. The van der Waals surface area contributed by atoms with Crippen molar-refractivity contribution in [3.63, 3.8) is 0 Å². The quantitative estimate of drug-likeness (QED) is 0.819. The lowest BCUT2D eigenvalue weighted by Gasteiger charge is -2.39. The van der Waals surface area contributed by atoms with Crippen LogP contribution in [0.1, 0.15) is 46.0 Å². The van der Waals surface area contributed by atoms with E-state index in [-0.39, 0.29) is 17.4 Å². The van der Waals surface area contributed by atoms with Gasteiger partial charge >= 0.3 is 0 Å². The van der Waals surface area contributed by atoms with Crippen molar-refractivity contribution in [1.29, 1.82) is 0 Å². The van der Waals surface area contributed by atoms with Crippen molar-refractivity contribution in [2.75, 3.05) is 12.3 Å². The van der Waals surface area contributed by atoms with Crippen LogP contribution in [0.4, 0.5) is 5.69 Å². The Morgan fingerprint density at radius 3 is 2.95 bits per heavy atom. The summed E-state index contributed by atoms with van der Waals surface area (Å²) in [6, 6.07) is 7.55. The third-order valence-electron chi connectivity index (χ3n) is 4.30. The fraction of sp³-hybridized carbons (Fsp3) is 0.588. The molecule has 0 aromatic heterocycles. The topological polar surface area (TPSA) is 64.3 Å². The molecule has 21 heavy (non-hydrogen) atoms. The number of anilines is 1. The van der Waals surface area contributed by atoms with Crippen LogP contribution in [0.15, 0.2) is 24.3 Å². The molecule has 4 heteroatoms. The Morgan fingerprint density at radius 1 is 1.43 bits per heavy atom. The normalized spacial score (nSPS) is 20.8. The van der Waals surface area contributed by atoms with Crippen molar-refractivity contribution >= 4 is 11.6 Å². The number of ether oxygens (including phenoxy) is 1. The van der Waals surface area contributed by atoms with E-state index in [0.717, 1.165) is 6.42 Å². The SMILES string of the molecule is CC1(C)CCCCC1NC(=O)CCOc1cccc(N)c1. The zero-order valence-electron chi connectivity index (χ0n) is 13.0. The number of hydrogen-bond acceptors (Lipinski definition) is 3. The number of nitrogen functional groups attached to an aromatic ring is 1. The fourth-order valence-electron chi connectivity index (χ4n) is 2.89. The summed E-state index contributed by atoms with van der Waals surface area (Å²) in [4.78, 5) is 12.0. The molecule has 1 saturated carbocycles. The van der Waals surface area contributed by atoms with Gasteiger partial charge in [0.25, 0.3) is 0 Å². The molecule has 0 aliphatic heterocycles. The summed E-state index contributed by atoms with van der Waals surface area (Å²) in [6.45, 7) is 4.85. The second kappa shape index (κ2) is 6.83. The van der Waals surface area contributed by atoms with E-state index >= 15 is 0 Å². The smallest absolute Gasteiger partial charge is 0.223 e. The highest BCUT2D eigenvalue weighted by Crippen LogP contribution is 2.35. The zero-order valence-corrected chi connectivity index (χ0v) is 13.0. The number of hydrogen-bond donors (Lipinski definition) is 2. The Kier molecular flexibility index (Phi) is 5.10. The van der Waals surface area contributed by atoms with Crippen LogP contribution in [0.2, 0.25) is 0 Å². The lowest BCUT2D eigenvalue weighted by atomic mass is 9.73. The third-order valence-corrected chi connectivity index (χ3v) is 4.30. The number of amides is 1. The Bertz CT molecular complexity index is 485. The summed E-state index contributed by atoms with van der Waals surface area (Å²) >= 11 is 0. The van der Waals surface area contributed by atoms with Gasteiger partial charge in [-0.15, -0.1) is 0 Å². The molecule has 116 valence electrons. The highest BCUT2D eigenvalue weighted by Gasteiger charge is 2.32. The molecule has 1 aromatic rings. The standard InChI is InChI=1S/C17H26N2O2/c1-17(2)10-4-3-8-15(17)19-16(20)9-11-21-14-7-5-6-13(18)12-14/h5-7,12,15H,3-4,8-11,18H2,1-2H3,(H,19,20). The van der Waals surface area contributed by atoms with E-state index in [0.29, 0.717) is 24.5 Å². The van der Waals surface area contributed by atoms with Gasteiger partial charge in [0, 0.05) is 17.8 Å². The first kappa shape index (κ1) is 15.7. The molecule has 0 bridgehead atoms. The van der Waals surface area contributed by atoms with Crippen LogP contribution in [0, 0.1) is 5.41 Å². The minimum atomic E-state index is 0.0684. The Labute approximate surface area is 127 Å². The van der Waals surface area contributed by atoms with E-state index in [9.17, 15) is 4.79 Å². The average molecular weight is 290 g/mol. The third kappa shape index (κ3) is 4.66. The number of carbonyl (C=O) groups is 1. The molecule has 4 nitrogen and oxygen atoms in total. The molecule has 1 amide bonds. The van der Waals surface area contributed by atoms with E-state index in [1.54, 1.807) is 6.07 Å². The minimum Gasteiger partial charge on any atom is -0.493 e. The van der Waals surface area contributed by atoms with Crippen LogP contribution >= 0.6 is 0 Å². The summed E-state index contributed by atoms with van der Waals surface area (Å²) in [6.07, 6.45) is 5.10. The van der Waals surface area contributed by atoms with Crippen molar-refractivity contribution in [3.8, 4) is 5.75 Å². The van der Waals surface area contributed by atoms with Crippen LogP contribution < -0.4 is 15.8 Å². The van der Waals surface area contributed by atoms with E-state index < -0.39 is 0 Å². The van der Waals surface area contributed by atoms with Gasteiger partial charge in [0.1, 0.15) is 5.75 Å². The maximum absolute atomic E-state index is 12.0. The van der Waals surface area contributed by atoms with E-state index in [2.05, 4.69) is 19.2 Å². The highest BCUT2D eigenvalue weighted by atomic mass is 16.5. The molecule has 0 heterocycles. The van der Waals surface area contributed by atoms with Crippen LogP contribution in [0.3, 0.4) is 0 Å². The molecule has 1 aliphatic carbocycles. The first-order valence-corrected chi connectivity index (χ1v) is 7.75. The summed E-state index contributed by atoms with van der Waals surface area (Å²) in [5.74, 6) is 0.777. The monoisotopic (exact) mass is 290 g/mol. The van der Waals surface area contributed by atoms with Gasteiger partial charge in [-0.25, -0.2) is 0 Å². The van der Waals surface area contributed by atoms with E-state index in [1.165, 1.54) is 19.3 Å². The van der Waals surface area contributed by atoms with E-state index in [1.807, 2.05) is 18.2 Å². The molecule has 0 spiro atoms. The molecule has 3 N–H and O–H groups in total. The molecular weight excluding hydrogens is 264 g/mol. The largest absolute Gasteiger partial charge is 0.493 e. The summed E-state index contributed by atoms with van der Waals surface area (Å²) in [5.41, 5.74) is 6.55. The molecular formula is C17H26N2O2. The van der Waals surface area contributed by atoms with Crippen molar-refractivity contribution in [1.82, 2.24) is 5.32 Å². The fourth-order valence-corrected chi connectivity index (χ4v) is 2.89. The van der Waals surface area contributed by atoms with Gasteiger partial charge in [0.05, 0.1) is 13.0 Å². The second-order valence-electron chi connectivity index (χ2n) is 6.53. The molecule has 1 aromatic carbocycles. The highest BCUT2D eigenvalue weighted by molar-refractivity contribution is 5.76. The van der Waals surface area contributed by atoms with Gasteiger partial charge in [-0.05, 0) is 30.4 Å². The van der Waals surface area contributed by atoms with Gasteiger partial charge in [-0.1, -0.05) is 32.8 Å². The van der Waals surface area contributed by atoms with Gasteiger partial charge < -0.3 is 15.8 Å². The van der Waals surface area contributed by atoms with Crippen molar-refractivity contribution < 1.29 is 9.53 Å². The van der Waals surface area contributed by atoms with Crippen LogP contribution in [0.25, 0.3) is 0 Å². The maximum atomic E-state index is 12.0. The average Bonchev–Trinajstić information content (AvgIpc) is 2.41. The Morgan fingerprint density at radius 2 is 2.24 bits per heavy atom.